The van der Waals surface area contributed by atoms with Crippen molar-refractivity contribution in [2.24, 2.45) is 5.92 Å². The van der Waals surface area contributed by atoms with Gasteiger partial charge in [-0.05, 0) is 38.0 Å². The Bertz CT molecular complexity index is 951. The molecule has 0 aliphatic heterocycles. The molecule has 0 rings (SSSR count). The number of aliphatic hydroxyl groups is 4. The monoisotopic (exact) mass is 705 g/mol. The normalized spacial score (nSPS) is 14.9. The van der Waals surface area contributed by atoms with Crippen LogP contribution in [0.4, 0.5) is 0 Å². The lowest BCUT2D eigenvalue weighted by atomic mass is 10.0. The van der Waals surface area contributed by atoms with Gasteiger partial charge in [-0.15, -0.1) is 0 Å². The molecule has 0 fully saturated rings. The zero-order valence-electron chi connectivity index (χ0n) is 31.6. The lowest BCUT2D eigenvalue weighted by Crippen LogP contribution is -2.26. The van der Waals surface area contributed by atoms with Crippen LogP contribution in [0.25, 0.3) is 0 Å². The summed E-state index contributed by atoms with van der Waals surface area (Å²) in [4.78, 5) is 24.0. The Morgan fingerprint density at radius 1 is 0.560 bits per heavy atom. The number of aliphatic hydroxyl groups excluding tert-OH is 4. The van der Waals surface area contributed by atoms with Crippen LogP contribution in [-0.4, -0.2) is 70.0 Å². The molecule has 0 aromatic heterocycles. The Balaban J connectivity index is 3.78. The van der Waals surface area contributed by atoms with Gasteiger partial charge in [-0.2, -0.15) is 0 Å². The number of rotatable bonds is 33. The summed E-state index contributed by atoms with van der Waals surface area (Å²) < 4.78 is 10.2. The van der Waals surface area contributed by atoms with Crippen molar-refractivity contribution in [1.82, 2.24) is 0 Å². The van der Waals surface area contributed by atoms with Gasteiger partial charge in [0.25, 0.3) is 0 Å². The molecule has 0 saturated heterocycles. The van der Waals surface area contributed by atoms with Gasteiger partial charge in [0.15, 0.2) is 0 Å². The number of hydrogen-bond acceptors (Lipinski definition) is 8. The van der Waals surface area contributed by atoms with Gasteiger partial charge in [0.05, 0.1) is 18.3 Å². The Kier molecular flexibility index (Phi) is 33.1. The number of esters is 2. The van der Waals surface area contributed by atoms with E-state index in [-0.39, 0.29) is 32.0 Å². The SMILES string of the molecule is CC/C=C\C[C@@H](O)/C=C/C=C/C=C\C=C/[C@H](O)[C@@H](O)CCCC(=O)OC[C@@H](O)COC(=O)CCCCCCCCCCCCCCCC(C)C. The van der Waals surface area contributed by atoms with E-state index >= 15 is 0 Å². The second-order valence-corrected chi connectivity index (χ2v) is 13.7. The van der Waals surface area contributed by atoms with Crippen molar-refractivity contribution in [3.63, 3.8) is 0 Å². The molecule has 8 heteroatoms. The molecule has 0 amide bonds. The maximum absolute atomic E-state index is 12.0. The highest BCUT2D eigenvalue weighted by Gasteiger charge is 2.15. The summed E-state index contributed by atoms with van der Waals surface area (Å²) in [5.41, 5.74) is 0. The van der Waals surface area contributed by atoms with Gasteiger partial charge in [0, 0.05) is 12.8 Å². The first-order valence-corrected chi connectivity index (χ1v) is 19.5. The van der Waals surface area contributed by atoms with Crippen molar-refractivity contribution in [1.29, 1.82) is 0 Å². The minimum Gasteiger partial charge on any atom is -0.463 e. The molecule has 0 aliphatic carbocycles. The van der Waals surface area contributed by atoms with Gasteiger partial charge in [-0.3, -0.25) is 9.59 Å². The summed E-state index contributed by atoms with van der Waals surface area (Å²) in [7, 11) is 0. The number of carbonyl (C=O) groups is 2. The molecule has 288 valence electrons. The predicted molar refractivity (Wildman–Crippen MR) is 204 cm³/mol. The van der Waals surface area contributed by atoms with E-state index in [2.05, 4.69) is 13.8 Å². The van der Waals surface area contributed by atoms with Crippen molar-refractivity contribution >= 4 is 11.9 Å². The van der Waals surface area contributed by atoms with Crippen LogP contribution in [0.3, 0.4) is 0 Å². The maximum atomic E-state index is 12.0. The third kappa shape index (κ3) is 34.0. The summed E-state index contributed by atoms with van der Waals surface area (Å²) in [6.07, 6.45) is 33.7. The second-order valence-electron chi connectivity index (χ2n) is 13.7. The molecule has 0 aromatic carbocycles. The molecule has 0 aliphatic rings. The van der Waals surface area contributed by atoms with Crippen LogP contribution in [0.5, 0.6) is 0 Å². The van der Waals surface area contributed by atoms with Crippen LogP contribution < -0.4 is 0 Å². The van der Waals surface area contributed by atoms with Gasteiger partial charge in [0.1, 0.15) is 19.3 Å². The molecule has 0 radical (unpaired) electrons. The molecule has 4 atom stereocenters. The summed E-state index contributed by atoms with van der Waals surface area (Å²) in [6.45, 7) is 6.15. The average Bonchev–Trinajstić information content (AvgIpc) is 3.08. The van der Waals surface area contributed by atoms with Crippen molar-refractivity contribution in [3.05, 3.63) is 60.8 Å². The van der Waals surface area contributed by atoms with Crippen LogP contribution in [0.1, 0.15) is 149 Å². The molecule has 0 unspecified atom stereocenters. The Morgan fingerprint density at radius 2 is 1.02 bits per heavy atom. The second kappa shape index (κ2) is 34.9. The van der Waals surface area contributed by atoms with Crippen LogP contribution in [-0.2, 0) is 19.1 Å². The fraction of sp³-hybridized carbons (Fsp3) is 0.714. The molecule has 0 spiro atoms. The minimum atomic E-state index is -1.09. The quantitative estimate of drug-likeness (QED) is 0.0231. The number of ether oxygens (including phenoxy) is 2. The Morgan fingerprint density at radius 3 is 1.54 bits per heavy atom. The van der Waals surface area contributed by atoms with Crippen LogP contribution in [0.15, 0.2) is 60.8 Å². The van der Waals surface area contributed by atoms with E-state index in [4.69, 9.17) is 9.47 Å². The highest BCUT2D eigenvalue weighted by atomic mass is 16.6. The Labute approximate surface area is 304 Å². The third-order valence-electron chi connectivity index (χ3n) is 8.29. The molecule has 0 heterocycles. The van der Waals surface area contributed by atoms with E-state index in [0.29, 0.717) is 19.3 Å². The van der Waals surface area contributed by atoms with Crippen molar-refractivity contribution < 1.29 is 39.5 Å². The summed E-state index contributed by atoms with van der Waals surface area (Å²) >= 11 is 0. The van der Waals surface area contributed by atoms with Crippen molar-refractivity contribution in [2.45, 2.75) is 174 Å². The van der Waals surface area contributed by atoms with Crippen LogP contribution in [0, 0.1) is 5.92 Å². The average molecular weight is 705 g/mol. The highest BCUT2D eigenvalue weighted by Crippen LogP contribution is 2.15. The van der Waals surface area contributed by atoms with Gasteiger partial charge >= 0.3 is 11.9 Å². The summed E-state index contributed by atoms with van der Waals surface area (Å²) in [6, 6.07) is 0. The number of carbonyl (C=O) groups excluding carboxylic acids is 2. The van der Waals surface area contributed by atoms with E-state index in [1.807, 2.05) is 19.1 Å². The summed E-state index contributed by atoms with van der Waals surface area (Å²) in [5, 5.41) is 40.0. The van der Waals surface area contributed by atoms with Gasteiger partial charge < -0.3 is 29.9 Å². The van der Waals surface area contributed by atoms with Gasteiger partial charge in [-0.1, -0.05) is 165 Å². The fourth-order valence-electron chi connectivity index (χ4n) is 5.20. The molecule has 8 nitrogen and oxygen atoms in total. The number of allylic oxidation sites excluding steroid dienone is 7. The van der Waals surface area contributed by atoms with E-state index in [9.17, 15) is 30.0 Å². The standard InChI is InChI=1S/C42H72O8/c1-4-5-21-28-37(43)29-23-18-15-16-19-24-30-39(45)40(46)31-26-33-42(48)50-35-38(44)34-49-41(47)32-25-20-14-12-10-8-6-7-9-11-13-17-22-27-36(2)3/h5,15-16,18-19,21,23-24,29-30,36-40,43-46H,4,6-14,17,20,22,25-28,31-35H2,1-3H3/b18-15+,19-16-,21-5-,29-23+,30-24-/t37-,38+,39+,40+/m1/s1. The van der Waals surface area contributed by atoms with Gasteiger partial charge in [-0.25, -0.2) is 0 Å². The number of hydrogen-bond donors (Lipinski definition) is 4. The molecule has 50 heavy (non-hydrogen) atoms. The molecule has 0 saturated carbocycles. The Hall–Kier alpha value is -2.52. The smallest absolute Gasteiger partial charge is 0.305 e. The zero-order chi connectivity index (χ0) is 37.1. The molecule has 0 aromatic rings. The fourth-order valence-corrected chi connectivity index (χ4v) is 5.20. The predicted octanol–water partition coefficient (Wildman–Crippen LogP) is 8.78. The van der Waals surface area contributed by atoms with E-state index in [0.717, 1.165) is 31.6 Å². The zero-order valence-corrected chi connectivity index (χ0v) is 31.6. The molecular weight excluding hydrogens is 632 g/mol. The first kappa shape index (κ1) is 47.5. The van der Waals surface area contributed by atoms with Crippen molar-refractivity contribution in [2.75, 3.05) is 13.2 Å². The molecule has 0 bridgehead atoms. The maximum Gasteiger partial charge on any atom is 0.305 e. The molecular formula is C42H72O8. The largest absolute Gasteiger partial charge is 0.463 e. The van der Waals surface area contributed by atoms with Gasteiger partial charge in [0.2, 0.25) is 0 Å². The van der Waals surface area contributed by atoms with E-state index < -0.39 is 30.4 Å². The van der Waals surface area contributed by atoms with Crippen LogP contribution >= 0.6 is 0 Å². The highest BCUT2D eigenvalue weighted by molar-refractivity contribution is 5.69. The first-order chi connectivity index (χ1) is 24.1. The lowest BCUT2D eigenvalue weighted by Gasteiger charge is -2.14. The lowest BCUT2D eigenvalue weighted by molar-refractivity contribution is -0.152. The minimum absolute atomic E-state index is 0.0283. The van der Waals surface area contributed by atoms with E-state index in [1.54, 1.807) is 42.5 Å². The third-order valence-corrected chi connectivity index (χ3v) is 8.29. The number of unbranched alkanes of at least 4 members (excludes halogenated alkanes) is 12. The van der Waals surface area contributed by atoms with Crippen molar-refractivity contribution in [3.8, 4) is 0 Å². The van der Waals surface area contributed by atoms with Crippen LogP contribution in [0.2, 0.25) is 0 Å². The topological polar surface area (TPSA) is 134 Å². The summed E-state index contributed by atoms with van der Waals surface area (Å²) in [5.74, 6) is -0.0588. The van der Waals surface area contributed by atoms with E-state index in [1.165, 1.54) is 76.7 Å². The first-order valence-electron chi connectivity index (χ1n) is 19.5. The molecule has 4 N–H and O–H groups in total.